The number of aliphatic hydroxyl groups is 1. The molecule has 1 aromatic heterocycles. The van der Waals surface area contributed by atoms with Gasteiger partial charge in [0, 0.05) is 9.58 Å². The molecule has 0 aliphatic heterocycles. The summed E-state index contributed by atoms with van der Waals surface area (Å²) in [4.78, 5) is 1.05. The fourth-order valence-electron chi connectivity index (χ4n) is 1.52. The van der Waals surface area contributed by atoms with Gasteiger partial charge in [-0.25, -0.2) is 0 Å². The summed E-state index contributed by atoms with van der Waals surface area (Å²) in [5.41, 5.74) is -0.719. The van der Waals surface area contributed by atoms with Crippen molar-refractivity contribution in [1.29, 1.82) is 0 Å². The van der Waals surface area contributed by atoms with Crippen LogP contribution < -0.4 is 0 Å². The van der Waals surface area contributed by atoms with Crippen molar-refractivity contribution in [1.82, 2.24) is 0 Å². The molecular formula is C13H16OS. The first kappa shape index (κ1) is 10.7. The molecule has 0 saturated carbocycles. The zero-order valence-corrected chi connectivity index (χ0v) is 10.1. The SMILES string of the molecule is CC(C)C(C)(O)c1cc2ccccc2s1. The second-order valence-corrected chi connectivity index (χ2v) is 5.53. The molecule has 0 spiro atoms. The minimum Gasteiger partial charge on any atom is -0.384 e. The van der Waals surface area contributed by atoms with Gasteiger partial charge in [0.25, 0.3) is 0 Å². The summed E-state index contributed by atoms with van der Waals surface area (Å²) >= 11 is 1.68. The molecule has 0 aliphatic carbocycles. The highest BCUT2D eigenvalue weighted by molar-refractivity contribution is 7.19. The second kappa shape index (κ2) is 3.62. The topological polar surface area (TPSA) is 20.2 Å². The first-order valence-electron chi connectivity index (χ1n) is 5.23. The fourth-order valence-corrected chi connectivity index (χ4v) is 2.77. The fraction of sp³-hybridized carbons (Fsp3) is 0.385. The predicted octanol–water partition coefficient (Wildman–Crippen LogP) is 3.76. The Morgan fingerprint density at radius 1 is 1.27 bits per heavy atom. The normalized spacial score (nSPS) is 15.8. The molecule has 1 nitrogen and oxygen atoms in total. The minimum atomic E-state index is -0.719. The molecule has 0 fully saturated rings. The van der Waals surface area contributed by atoms with E-state index in [0.717, 1.165) is 4.88 Å². The van der Waals surface area contributed by atoms with E-state index in [9.17, 15) is 5.11 Å². The van der Waals surface area contributed by atoms with Crippen molar-refractivity contribution in [3.8, 4) is 0 Å². The monoisotopic (exact) mass is 220 g/mol. The van der Waals surface area contributed by atoms with Gasteiger partial charge in [0.2, 0.25) is 0 Å². The maximum absolute atomic E-state index is 10.4. The highest BCUT2D eigenvalue weighted by Crippen LogP contribution is 2.37. The van der Waals surface area contributed by atoms with E-state index >= 15 is 0 Å². The lowest BCUT2D eigenvalue weighted by atomic mass is 9.91. The Kier molecular flexibility index (Phi) is 2.57. The van der Waals surface area contributed by atoms with Gasteiger partial charge < -0.3 is 5.11 Å². The predicted molar refractivity (Wildman–Crippen MR) is 66.2 cm³/mol. The van der Waals surface area contributed by atoms with E-state index < -0.39 is 5.60 Å². The molecule has 0 bridgehead atoms. The van der Waals surface area contributed by atoms with Crippen LogP contribution in [0.15, 0.2) is 30.3 Å². The zero-order valence-electron chi connectivity index (χ0n) is 9.32. The molecule has 80 valence electrons. The van der Waals surface area contributed by atoms with Crippen LogP contribution in [0, 0.1) is 5.92 Å². The molecule has 1 heterocycles. The van der Waals surface area contributed by atoms with Crippen LogP contribution in [-0.2, 0) is 5.60 Å². The standard InChI is InChI=1S/C13H16OS/c1-9(2)13(3,14)12-8-10-6-4-5-7-11(10)15-12/h4-9,14H,1-3H3. The van der Waals surface area contributed by atoms with E-state index in [-0.39, 0.29) is 5.92 Å². The molecule has 2 heteroatoms. The van der Waals surface area contributed by atoms with Gasteiger partial charge in [-0.15, -0.1) is 11.3 Å². The molecule has 2 rings (SSSR count). The molecule has 1 atom stereocenters. The number of benzene rings is 1. The Morgan fingerprint density at radius 3 is 2.53 bits per heavy atom. The van der Waals surface area contributed by atoms with Gasteiger partial charge in [-0.2, -0.15) is 0 Å². The third kappa shape index (κ3) is 1.80. The quantitative estimate of drug-likeness (QED) is 0.817. The van der Waals surface area contributed by atoms with Crippen LogP contribution in [0.2, 0.25) is 0 Å². The number of hydrogen-bond acceptors (Lipinski definition) is 2. The molecule has 2 aromatic rings. The van der Waals surface area contributed by atoms with Crippen LogP contribution >= 0.6 is 11.3 Å². The molecule has 0 amide bonds. The Balaban J connectivity index is 2.53. The largest absolute Gasteiger partial charge is 0.384 e. The summed E-state index contributed by atoms with van der Waals surface area (Å²) in [5, 5.41) is 11.6. The maximum Gasteiger partial charge on any atom is 0.0982 e. The van der Waals surface area contributed by atoms with E-state index in [1.54, 1.807) is 11.3 Å². The Bertz CT molecular complexity index is 435. The van der Waals surface area contributed by atoms with E-state index in [1.165, 1.54) is 10.1 Å². The molecule has 0 saturated heterocycles. The molecule has 0 radical (unpaired) electrons. The van der Waals surface area contributed by atoms with E-state index in [4.69, 9.17) is 0 Å². The first-order chi connectivity index (χ1) is 7.01. The molecule has 15 heavy (non-hydrogen) atoms. The van der Waals surface area contributed by atoms with E-state index in [1.807, 2.05) is 32.9 Å². The van der Waals surface area contributed by atoms with Crippen molar-refractivity contribution in [3.63, 3.8) is 0 Å². The molecule has 0 aliphatic rings. The highest BCUT2D eigenvalue weighted by Gasteiger charge is 2.28. The summed E-state index contributed by atoms with van der Waals surface area (Å²) in [5.74, 6) is 0.227. The van der Waals surface area contributed by atoms with Crippen molar-refractivity contribution in [2.24, 2.45) is 5.92 Å². The van der Waals surface area contributed by atoms with Gasteiger partial charge in [0.05, 0.1) is 5.60 Å². The van der Waals surface area contributed by atoms with Crippen molar-refractivity contribution in [2.45, 2.75) is 26.4 Å². The van der Waals surface area contributed by atoms with Gasteiger partial charge in [-0.3, -0.25) is 0 Å². The Morgan fingerprint density at radius 2 is 1.93 bits per heavy atom. The van der Waals surface area contributed by atoms with E-state index in [2.05, 4.69) is 18.2 Å². The second-order valence-electron chi connectivity index (χ2n) is 4.45. The highest BCUT2D eigenvalue weighted by atomic mass is 32.1. The summed E-state index contributed by atoms with van der Waals surface area (Å²) in [7, 11) is 0. The van der Waals surface area contributed by atoms with Gasteiger partial charge in [0.15, 0.2) is 0 Å². The van der Waals surface area contributed by atoms with Crippen LogP contribution in [0.1, 0.15) is 25.6 Å². The minimum absolute atomic E-state index is 0.227. The van der Waals surface area contributed by atoms with Gasteiger partial charge in [0.1, 0.15) is 0 Å². The average molecular weight is 220 g/mol. The molecule has 1 aromatic carbocycles. The van der Waals surface area contributed by atoms with Crippen molar-refractivity contribution < 1.29 is 5.11 Å². The number of hydrogen-bond donors (Lipinski definition) is 1. The van der Waals surface area contributed by atoms with Crippen LogP contribution in [-0.4, -0.2) is 5.11 Å². The number of rotatable bonds is 2. The Hall–Kier alpha value is -0.860. The van der Waals surface area contributed by atoms with Gasteiger partial charge >= 0.3 is 0 Å². The third-order valence-electron chi connectivity index (χ3n) is 3.05. The maximum atomic E-state index is 10.4. The van der Waals surface area contributed by atoms with Crippen molar-refractivity contribution in [3.05, 3.63) is 35.2 Å². The summed E-state index contributed by atoms with van der Waals surface area (Å²) in [6.45, 7) is 5.98. The Labute approximate surface area is 94.4 Å². The summed E-state index contributed by atoms with van der Waals surface area (Å²) < 4.78 is 1.24. The summed E-state index contributed by atoms with van der Waals surface area (Å²) in [6, 6.07) is 10.3. The van der Waals surface area contributed by atoms with Gasteiger partial charge in [-0.05, 0) is 30.4 Å². The van der Waals surface area contributed by atoms with Crippen molar-refractivity contribution >= 4 is 21.4 Å². The third-order valence-corrected chi connectivity index (χ3v) is 4.39. The number of fused-ring (bicyclic) bond motifs is 1. The van der Waals surface area contributed by atoms with Crippen LogP contribution in [0.4, 0.5) is 0 Å². The lowest BCUT2D eigenvalue weighted by Gasteiger charge is -2.26. The van der Waals surface area contributed by atoms with Crippen LogP contribution in [0.5, 0.6) is 0 Å². The van der Waals surface area contributed by atoms with Crippen LogP contribution in [0.3, 0.4) is 0 Å². The molecule has 1 unspecified atom stereocenters. The smallest absolute Gasteiger partial charge is 0.0982 e. The molecular weight excluding hydrogens is 204 g/mol. The van der Waals surface area contributed by atoms with Crippen LogP contribution in [0.25, 0.3) is 10.1 Å². The lowest BCUT2D eigenvalue weighted by molar-refractivity contribution is 0.0127. The van der Waals surface area contributed by atoms with E-state index in [0.29, 0.717) is 0 Å². The summed E-state index contributed by atoms with van der Waals surface area (Å²) in [6.07, 6.45) is 0. The first-order valence-corrected chi connectivity index (χ1v) is 6.05. The van der Waals surface area contributed by atoms with Crippen molar-refractivity contribution in [2.75, 3.05) is 0 Å². The number of thiophene rings is 1. The lowest BCUT2D eigenvalue weighted by Crippen LogP contribution is -2.26. The van der Waals surface area contributed by atoms with Gasteiger partial charge in [-0.1, -0.05) is 32.0 Å². The zero-order chi connectivity index (χ0) is 11.1. The average Bonchev–Trinajstić information content (AvgIpc) is 2.61. The molecule has 1 N–H and O–H groups in total.